The largest absolute Gasteiger partial charge is 0.326 e. The first kappa shape index (κ1) is 13.9. The molecule has 4 nitrogen and oxygen atoms in total. The number of benzene rings is 1. The maximum Gasteiger partial charge on any atom is 0.322 e. The van der Waals surface area contributed by atoms with Gasteiger partial charge in [-0.25, -0.2) is 4.79 Å². The van der Waals surface area contributed by atoms with Gasteiger partial charge in [-0.05, 0) is 43.9 Å². The lowest BCUT2D eigenvalue weighted by atomic mass is 10.1. The maximum absolute atomic E-state index is 12.4. The van der Waals surface area contributed by atoms with E-state index < -0.39 is 0 Å². The fourth-order valence-electron chi connectivity index (χ4n) is 2.80. The summed E-state index contributed by atoms with van der Waals surface area (Å²) in [7, 11) is 0. The van der Waals surface area contributed by atoms with E-state index in [1.54, 1.807) is 0 Å². The third-order valence-corrected chi connectivity index (χ3v) is 3.91. The van der Waals surface area contributed by atoms with Gasteiger partial charge in [0.2, 0.25) is 0 Å². The Bertz CT molecular complexity index is 447. The minimum absolute atomic E-state index is 0.00558. The summed E-state index contributed by atoms with van der Waals surface area (Å²) in [4.78, 5) is 14.4. The highest BCUT2D eigenvalue weighted by Gasteiger charge is 2.33. The lowest BCUT2D eigenvalue weighted by Crippen LogP contribution is -2.42. The van der Waals surface area contributed by atoms with Crippen LogP contribution < -0.4 is 11.1 Å². The van der Waals surface area contributed by atoms with Crippen LogP contribution in [0.4, 0.5) is 10.5 Å². The zero-order valence-corrected chi connectivity index (χ0v) is 11.7. The number of carbonyl (C=O) groups excluding carboxylic acids is 1. The number of amides is 2. The fraction of sp³-hybridized carbons (Fsp3) is 0.533. The van der Waals surface area contributed by atoms with Crippen molar-refractivity contribution in [1.82, 2.24) is 4.90 Å². The molecule has 1 aliphatic heterocycles. The van der Waals surface area contributed by atoms with E-state index in [1.165, 1.54) is 0 Å². The fourth-order valence-corrected chi connectivity index (χ4v) is 2.80. The standard InChI is InChI=1S/C15H23N3O/c1-3-14-8-7-11(2)18(14)15(19)17-13-6-4-5-12(9-13)10-16/h4-6,9,11,14H,3,7-8,10,16H2,1-2H3,(H,17,19). The Labute approximate surface area is 115 Å². The van der Waals surface area contributed by atoms with Gasteiger partial charge in [0, 0.05) is 24.3 Å². The number of hydrogen-bond donors (Lipinski definition) is 2. The Hall–Kier alpha value is -1.55. The van der Waals surface area contributed by atoms with E-state index in [-0.39, 0.29) is 6.03 Å². The second-order valence-corrected chi connectivity index (χ2v) is 5.23. The van der Waals surface area contributed by atoms with Crippen LogP contribution in [0.15, 0.2) is 24.3 Å². The van der Waals surface area contributed by atoms with Gasteiger partial charge in [-0.15, -0.1) is 0 Å². The number of nitrogens with two attached hydrogens (primary N) is 1. The number of rotatable bonds is 3. The third kappa shape index (κ3) is 3.07. The van der Waals surface area contributed by atoms with Crippen molar-refractivity contribution in [3.8, 4) is 0 Å². The normalized spacial score (nSPS) is 22.6. The van der Waals surface area contributed by atoms with Gasteiger partial charge in [0.15, 0.2) is 0 Å². The number of nitrogens with one attached hydrogen (secondary N) is 1. The van der Waals surface area contributed by atoms with Gasteiger partial charge in [-0.1, -0.05) is 19.1 Å². The molecule has 0 aromatic heterocycles. The molecule has 0 aliphatic carbocycles. The molecule has 0 radical (unpaired) electrons. The molecule has 0 spiro atoms. The topological polar surface area (TPSA) is 58.4 Å². The number of anilines is 1. The average molecular weight is 261 g/mol. The smallest absolute Gasteiger partial charge is 0.322 e. The molecular weight excluding hydrogens is 238 g/mol. The van der Waals surface area contributed by atoms with E-state index in [4.69, 9.17) is 5.73 Å². The Morgan fingerprint density at radius 2 is 2.26 bits per heavy atom. The van der Waals surface area contributed by atoms with Crippen LogP contribution in [0.5, 0.6) is 0 Å². The lowest BCUT2D eigenvalue weighted by Gasteiger charge is -2.28. The molecule has 1 aliphatic rings. The van der Waals surface area contributed by atoms with Crippen molar-refractivity contribution in [2.24, 2.45) is 5.73 Å². The van der Waals surface area contributed by atoms with Crippen LogP contribution in [0.1, 0.15) is 38.7 Å². The predicted octanol–water partition coefficient (Wildman–Crippen LogP) is 2.94. The van der Waals surface area contributed by atoms with E-state index in [1.807, 2.05) is 29.2 Å². The third-order valence-electron chi connectivity index (χ3n) is 3.91. The predicted molar refractivity (Wildman–Crippen MR) is 78.0 cm³/mol. The summed E-state index contributed by atoms with van der Waals surface area (Å²) in [6, 6.07) is 8.41. The van der Waals surface area contributed by atoms with Gasteiger partial charge in [0.05, 0.1) is 0 Å². The van der Waals surface area contributed by atoms with E-state index in [2.05, 4.69) is 19.2 Å². The first-order valence-corrected chi connectivity index (χ1v) is 7.04. The van der Waals surface area contributed by atoms with Crippen LogP contribution in [0, 0.1) is 0 Å². The molecule has 2 atom stereocenters. The van der Waals surface area contributed by atoms with E-state index in [0.29, 0.717) is 18.6 Å². The molecule has 104 valence electrons. The van der Waals surface area contributed by atoms with Crippen LogP contribution >= 0.6 is 0 Å². The van der Waals surface area contributed by atoms with Crippen molar-refractivity contribution in [2.75, 3.05) is 5.32 Å². The van der Waals surface area contributed by atoms with E-state index >= 15 is 0 Å². The number of hydrogen-bond acceptors (Lipinski definition) is 2. The summed E-state index contributed by atoms with van der Waals surface area (Å²) in [6.45, 7) is 4.74. The molecule has 0 saturated carbocycles. The van der Waals surface area contributed by atoms with Gasteiger partial charge in [-0.3, -0.25) is 0 Å². The van der Waals surface area contributed by atoms with Crippen molar-refractivity contribution in [3.05, 3.63) is 29.8 Å². The van der Waals surface area contributed by atoms with Gasteiger partial charge in [0.1, 0.15) is 0 Å². The second kappa shape index (κ2) is 6.06. The first-order valence-electron chi connectivity index (χ1n) is 7.04. The highest BCUT2D eigenvalue weighted by Crippen LogP contribution is 2.26. The van der Waals surface area contributed by atoms with Crippen molar-refractivity contribution >= 4 is 11.7 Å². The number of likely N-dealkylation sites (tertiary alicyclic amines) is 1. The molecule has 1 fully saturated rings. The molecule has 1 saturated heterocycles. The molecule has 1 aromatic carbocycles. The number of nitrogens with zero attached hydrogens (tertiary/aromatic N) is 1. The minimum atomic E-state index is 0.00558. The molecule has 3 N–H and O–H groups in total. The van der Waals surface area contributed by atoms with E-state index in [0.717, 1.165) is 30.5 Å². The summed E-state index contributed by atoms with van der Waals surface area (Å²) < 4.78 is 0. The quantitative estimate of drug-likeness (QED) is 0.879. The molecule has 1 heterocycles. The van der Waals surface area contributed by atoms with Gasteiger partial charge < -0.3 is 16.0 Å². The Morgan fingerprint density at radius 3 is 2.95 bits per heavy atom. The first-order chi connectivity index (χ1) is 9.15. The molecule has 1 aromatic rings. The molecular formula is C15H23N3O. The number of urea groups is 1. The molecule has 2 rings (SSSR count). The van der Waals surface area contributed by atoms with Crippen molar-refractivity contribution < 1.29 is 4.79 Å². The molecule has 0 bridgehead atoms. The highest BCUT2D eigenvalue weighted by atomic mass is 16.2. The average Bonchev–Trinajstić information content (AvgIpc) is 2.80. The van der Waals surface area contributed by atoms with Crippen LogP contribution in [0.25, 0.3) is 0 Å². The van der Waals surface area contributed by atoms with Crippen LogP contribution in [0.2, 0.25) is 0 Å². The zero-order chi connectivity index (χ0) is 13.8. The number of carbonyl (C=O) groups is 1. The summed E-state index contributed by atoms with van der Waals surface area (Å²) in [5, 5.41) is 2.98. The maximum atomic E-state index is 12.4. The van der Waals surface area contributed by atoms with Gasteiger partial charge >= 0.3 is 6.03 Å². The van der Waals surface area contributed by atoms with Crippen molar-refractivity contribution in [3.63, 3.8) is 0 Å². The molecule has 4 heteroatoms. The van der Waals surface area contributed by atoms with Gasteiger partial charge in [0.25, 0.3) is 0 Å². The molecule has 2 amide bonds. The summed E-state index contributed by atoms with van der Waals surface area (Å²) in [6.07, 6.45) is 3.21. The zero-order valence-electron chi connectivity index (χ0n) is 11.7. The highest BCUT2D eigenvalue weighted by molar-refractivity contribution is 5.90. The van der Waals surface area contributed by atoms with Crippen LogP contribution in [0.3, 0.4) is 0 Å². The molecule has 19 heavy (non-hydrogen) atoms. The Balaban J connectivity index is 2.07. The SMILES string of the molecule is CCC1CCC(C)N1C(=O)Nc1cccc(CN)c1. The second-order valence-electron chi connectivity index (χ2n) is 5.23. The summed E-state index contributed by atoms with van der Waals surface area (Å²) >= 11 is 0. The van der Waals surface area contributed by atoms with Gasteiger partial charge in [-0.2, -0.15) is 0 Å². The Morgan fingerprint density at radius 1 is 1.47 bits per heavy atom. The van der Waals surface area contributed by atoms with Crippen LogP contribution in [-0.4, -0.2) is 23.0 Å². The molecule has 2 unspecified atom stereocenters. The van der Waals surface area contributed by atoms with Crippen molar-refractivity contribution in [2.45, 2.75) is 51.7 Å². The summed E-state index contributed by atoms with van der Waals surface area (Å²) in [5.74, 6) is 0. The van der Waals surface area contributed by atoms with Crippen LogP contribution in [-0.2, 0) is 6.54 Å². The minimum Gasteiger partial charge on any atom is -0.326 e. The van der Waals surface area contributed by atoms with E-state index in [9.17, 15) is 4.79 Å². The van der Waals surface area contributed by atoms with Crippen molar-refractivity contribution in [1.29, 1.82) is 0 Å². The lowest BCUT2D eigenvalue weighted by molar-refractivity contribution is 0.188. The monoisotopic (exact) mass is 261 g/mol. The Kier molecular flexibility index (Phi) is 4.43. The summed E-state index contributed by atoms with van der Waals surface area (Å²) in [5.41, 5.74) is 7.46.